The normalized spacial score (nSPS) is 21.4. The molecule has 25 heavy (non-hydrogen) atoms. The highest BCUT2D eigenvalue weighted by Gasteiger charge is 2.46. The number of esters is 1. The molecule has 2 aliphatic rings. The lowest BCUT2D eigenvalue weighted by atomic mass is 9.80. The predicted molar refractivity (Wildman–Crippen MR) is 94.5 cm³/mol. The van der Waals surface area contributed by atoms with Crippen molar-refractivity contribution in [1.29, 1.82) is 0 Å². The fourth-order valence-electron chi connectivity index (χ4n) is 3.94. The van der Waals surface area contributed by atoms with Crippen molar-refractivity contribution < 1.29 is 14.3 Å². The number of rotatable bonds is 3. The number of amides is 1. The third-order valence-corrected chi connectivity index (χ3v) is 4.96. The molecule has 2 aromatic carbocycles. The number of fused-ring (bicyclic) bond motifs is 3. The van der Waals surface area contributed by atoms with Gasteiger partial charge in [-0.1, -0.05) is 54.6 Å². The van der Waals surface area contributed by atoms with Crippen molar-refractivity contribution in [3.05, 3.63) is 76.9 Å². The molecule has 1 N–H and O–H groups in total. The molecule has 4 nitrogen and oxygen atoms in total. The zero-order valence-corrected chi connectivity index (χ0v) is 14.0. The summed E-state index contributed by atoms with van der Waals surface area (Å²) in [4.78, 5) is 25.6. The summed E-state index contributed by atoms with van der Waals surface area (Å²) in [7, 11) is 0. The first-order chi connectivity index (χ1) is 12.2. The van der Waals surface area contributed by atoms with Crippen molar-refractivity contribution in [1.82, 2.24) is 5.32 Å². The van der Waals surface area contributed by atoms with Crippen LogP contribution in [-0.4, -0.2) is 18.5 Å². The molecular formula is C21H19NO3. The van der Waals surface area contributed by atoms with Crippen molar-refractivity contribution in [2.24, 2.45) is 5.92 Å². The van der Waals surface area contributed by atoms with Crippen LogP contribution < -0.4 is 5.32 Å². The summed E-state index contributed by atoms with van der Waals surface area (Å²) in [5.41, 5.74) is 4.13. The number of carbonyl (C=O) groups is 2. The maximum absolute atomic E-state index is 12.9. The van der Waals surface area contributed by atoms with Gasteiger partial charge in [0, 0.05) is 5.92 Å². The summed E-state index contributed by atoms with van der Waals surface area (Å²) in [6.07, 6.45) is 0.679. The van der Waals surface area contributed by atoms with E-state index in [-0.39, 0.29) is 23.7 Å². The minimum atomic E-state index is -0.343. The Balaban J connectivity index is 1.87. The predicted octanol–water partition coefficient (Wildman–Crippen LogP) is 3.05. The molecule has 126 valence electrons. The molecule has 0 unspecified atom stereocenters. The van der Waals surface area contributed by atoms with E-state index < -0.39 is 0 Å². The van der Waals surface area contributed by atoms with Gasteiger partial charge in [-0.3, -0.25) is 4.79 Å². The van der Waals surface area contributed by atoms with Crippen LogP contribution in [0.5, 0.6) is 0 Å². The fourth-order valence-corrected chi connectivity index (χ4v) is 3.94. The third-order valence-electron chi connectivity index (χ3n) is 4.96. The van der Waals surface area contributed by atoms with E-state index in [9.17, 15) is 9.59 Å². The third kappa shape index (κ3) is 2.54. The summed E-state index contributed by atoms with van der Waals surface area (Å²) in [5, 5.41) is 2.97. The van der Waals surface area contributed by atoms with Gasteiger partial charge in [-0.2, -0.15) is 0 Å². The maximum atomic E-state index is 12.9. The molecule has 1 aliphatic heterocycles. The van der Waals surface area contributed by atoms with Crippen LogP contribution >= 0.6 is 0 Å². The number of hydrogen-bond acceptors (Lipinski definition) is 3. The second kappa shape index (κ2) is 6.20. The highest BCUT2D eigenvalue weighted by atomic mass is 16.5. The van der Waals surface area contributed by atoms with Crippen molar-refractivity contribution in [2.75, 3.05) is 6.61 Å². The van der Waals surface area contributed by atoms with Crippen LogP contribution in [0.25, 0.3) is 5.70 Å². The number of carbonyl (C=O) groups excluding carboxylic acids is 2. The molecule has 4 heteroatoms. The van der Waals surface area contributed by atoms with E-state index in [1.807, 2.05) is 54.6 Å². The molecule has 1 heterocycles. The van der Waals surface area contributed by atoms with Crippen LogP contribution in [0.1, 0.15) is 29.5 Å². The van der Waals surface area contributed by atoms with Crippen molar-refractivity contribution >= 4 is 17.6 Å². The van der Waals surface area contributed by atoms with Crippen molar-refractivity contribution in [2.45, 2.75) is 19.3 Å². The molecule has 1 amide bonds. The van der Waals surface area contributed by atoms with Gasteiger partial charge in [-0.25, -0.2) is 4.79 Å². The zero-order valence-electron chi connectivity index (χ0n) is 14.0. The standard InChI is InChI=1S/C21H19NO3/c1-2-25-21(24)18-16-12-14-10-6-7-11-15(14)17(16)20(23)22-19(18)13-8-4-3-5-9-13/h3-11,16-17H,2,12H2,1H3,(H,22,23)/t16-,17-/m1/s1. The SMILES string of the molecule is CCOC(=O)C1=C(c2ccccc2)NC(=O)[C@@H]2c3ccccc3C[C@@H]12. The summed E-state index contributed by atoms with van der Waals surface area (Å²) in [6, 6.07) is 17.4. The average Bonchev–Trinajstić information content (AvgIpc) is 3.02. The van der Waals surface area contributed by atoms with Gasteiger partial charge in [0.25, 0.3) is 0 Å². The summed E-state index contributed by atoms with van der Waals surface area (Å²) in [6.45, 7) is 2.10. The molecule has 1 aliphatic carbocycles. The molecule has 2 aromatic rings. The molecule has 2 atom stereocenters. The van der Waals surface area contributed by atoms with Gasteiger partial charge in [0.2, 0.25) is 5.91 Å². The van der Waals surface area contributed by atoms with Crippen LogP contribution in [0.4, 0.5) is 0 Å². The Hall–Kier alpha value is -2.88. The van der Waals surface area contributed by atoms with E-state index in [0.29, 0.717) is 24.3 Å². The number of ether oxygens (including phenoxy) is 1. The summed E-state index contributed by atoms with van der Waals surface area (Å²) in [5.74, 6) is -0.908. The van der Waals surface area contributed by atoms with E-state index in [1.165, 1.54) is 0 Å². The van der Waals surface area contributed by atoms with Crippen LogP contribution in [0, 0.1) is 5.92 Å². The first-order valence-corrected chi connectivity index (χ1v) is 8.56. The molecule has 4 rings (SSSR count). The Morgan fingerprint density at radius 2 is 1.84 bits per heavy atom. The van der Waals surface area contributed by atoms with Gasteiger partial charge in [-0.15, -0.1) is 0 Å². The Morgan fingerprint density at radius 1 is 1.12 bits per heavy atom. The number of nitrogens with one attached hydrogen (secondary N) is 1. The maximum Gasteiger partial charge on any atom is 0.336 e. The monoisotopic (exact) mass is 333 g/mol. The van der Waals surface area contributed by atoms with Gasteiger partial charge < -0.3 is 10.1 Å². The van der Waals surface area contributed by atoms with Gasteiger partial charge in [0.15, 0.2) is 0 Å². The molecule has 0 bridgehead atoms. The summed E-state index contributed by atoms with van der Waals surface area (Å²) < 4.78 is 5.33. The van der Waals surface area contributed by atoms with Gasteiger partial charge in [0.1, 0.15) is 0 Å². The summed E-state index contributed by atoms with van der Waals surface area (Å²) >= 11 is 0. The zero-order chi connectivity index (χ0) is 17.4. The Morgan fingerprint density at radius 3 is 2.60 bits per heavy atom. The first-order valence-electron chi connectivity index (χ1n) is 8.56. The first kappa shape index (κ1) is 15.6. The molecule has 0 spiro atoms. The Labute approximate surface area is 146 Å². The molecule has 0 aromatic heterocycles. The quantitative estimate of drug-likeness (QED) is 0.879. The van der Waals surface area contributed by atoms with E-state index in [4.69, 9.17) is 4.74 Å². The van der Waals surface area contributed by atoms with Gasteiger partial charge in [0.05, 0.1) is 23.8 Å². The fraction of sp³-hybridized carbons (Fsp3) is 0.238. The highest BCUT2D eigenvalue weighted by molar-refractivity contribution is 6.06. The van der Waals surface area contributed by atoms with Crippen LogP contribution in [0.15, 0.2) is 60.2 Å². The Bertz CT molecular complexity index is 870. The molecule has 0 fully saturated rings. The van der Waals surface area contributed by atoms with Crippen LogP contribution in [0.3, 0.4) is 0 Å². The molecule has 0 saturated heterocycles. The smallest absolute Gasteiger partial charge is 0.336 e. The lowest BCUT2D eigenvalue weighted by Gasteiger charge is -2.30. The van der Waals surface area contributed by atoms with E-state index >= 15 is 0 Å². The van der Waals surface area contributed by atoms with Crippen LogP contribution in [0.2, 0.25) is 0 Å². The van der Waals surface area contributed by atoms with Crippen molar-refractivity contribution in [3.8, 4) is 0 Å². The van der Waals surface area contributed by atoms with Crippen molar-refractivity contribution in [3.63, 3.8) is 0 Å². The lowest BCUT2D eigenvalue weighted by Crippen LogP contribution is -2.40. The topological polar surface area (TPSA) is 55.4 Å². The van der Waals surface area contributed by atoms with E-state index in [2.05, 4.69) is 5.32 Å². The number of hydrogen-bond donors (Lipinski definition) is 1. The Kier molecular flexibility index (Phi) is 3.88. The highest BCUT2D eigenvalue weighted by Crippen LogP contribution is 2.46. The van der Waals surface area contributed by atoms with Gasteiger partial charge >= 0.3 is 5.97 Å². The molecule has 0 saturated carbocycles. The minimum absolute atomic E-state index is 0.0538. The van der Waals surface area contributed by atoms with Crippen LogP contribution in [-0.2, 0) is 20.7 Å². The number of benzene rings is 2. The minimum Gasteiger partial charge on any atom is -0.463 e. The van der Waals surface area contributed by atoms with E-state index in [1.54, 1.807) is 6.92 Å². The lowest BCUT2D eigenvalue weighted by molar-refractivity contribution is -0.139. The van der Waals surface area contributed by atoms with E-state index in [0.717, 1.165) is 16.7 Å². The second-order valence-corrected chi connectivity index (χ2v) is 6.35. The average molecular weight is 333 g/mol. The molecular weight excluding hydrogens is 314 g/mol. The molecule has 0 radical (unpaired) electrons. The van der Waals surface area contributed by atoms with Gasteiger partial charge in [-0.05, 0) is 30.0 Å². The second-order valence-electron chi connectivity index (χ2n) is 6.35. The largest absolute Gasteiger partial charge is 0.463 e.